The van der Waals surface area contributed by atoms with E-state index in [9.17, 15) is 9.90 Å². The van der Waals surface area contributed by atoms with Gasteiger partial charge >= 0.3 is 5.97 Å². The highest BCUT2D eigenvalue weighted by Crippen LogP contribution is 2.49. The summed E-state index contributed by atoms with van der Waals surface area (Å²) in [6.07, 6.45) is 6.59. The molecule has 1 heterocycles. The van der Waals surface area contributed by atoms with E-state index in [0.717, 1.165) is 14.9 Å². The molecule has 178 valence electrons. The highest BCUT2D eigenvalue weighted by Gasteiger charge is 2.38. The molecule has 0 saturated carbocycles. The van der Waals surface area contributed by atoms with Crippen LogP contribution in [0.3, 0.4) is 0 Å². The van der Waals surface area contributed by atoms with Crippen LogP contribution < -0.4 is 0 Å². The first-order valence-electron chi connectivity index (χ1n) is 11.6. The Morgan fingerprint density at radius 3 is 2.21 bits per heavy atom. The van der Waals surface area contributed by atoms with Crippen molar-refractivity contribution in [1.29, 1.82) is 0 Å². The maximum atomic E-state index is 11.2. The second-order valence-electron chi connectivity index (χ2n) is 10.4. The number of hydrogen-bond donors (Lipinski definition) is 1. The highest BCUT2D eigenvalue weighted by molar-refractivity contribution is 8.01. The van der Waals surface area contributed by atoms with Crippen LogP contribution in [0.25, 0.3) is 12.2 Å². The fourth-order valence-corrected chi connectivity index (χ4v) is 6.73. The molecule has 1 N–H and O–H groups in total. The van der Waals surface area contributed by atoms with Gasteiger partial charge in [-0.1, -0.05) is 87.2 Å². The van der Waals surface area contributed by atoms with Gasteiger partial charge in [0, 0.05) is 5.25 Å². The topological polar surface area (TPSA) is 63.1 Å². The molecule has 1 aliphatic carbocycles. The molecule has 6 heteroatoms. The van der Waals surface area contributed by atoms with Gasteiger partial charge in [0.25, 0.3) is 0 Å². The summed E-state index contributed by atoms with van der Waals surface area (Å²) >= 11 is 3.39. The number of fused-ring (bicyclic) bond motifs is 1. The van der Waals surface area contributed by atoms with Crippen LogP contribution in [0.5, 0.6) is 0 Å². The Balaban J connectivity index is 1.78. The molecule has 0 amide bonds. The number of carboxylic acid groups (broad SMARTS) is 1. The van der Waals surface area contributed by atoms with Crippen LogP contribution >= 0.6 is 23.1 Å². The number of thioether (sulfide) groups is 1. The molecule has 0 saturated heterocycles. The molecule has 0 spiro atoms. The maximum absolute atomic E-state index is 11.2. The monoisotopic (exact) mass is 492 g/mol. The van der Waals surface area contributed by atoms with E-state index < -0.39 is 5.97 Å². The van der Waals surface area contributed by atoms with Gasteiger partial charge in [-0.15, -0.1) is 10.2 Å². The molecule has 1 unspecified atom stereocenters. The van der Waals surface area contributed by atoms with Gasteiger partial charge in [-0.05, 0) is 77.5 Å². The summed E-state index contributed by atoms with van der Waals surface area (Å²) in [5.74, 6) is -0.907. The first kappa shape index (κ1) is 24.7. The van der Waals surface area contributed by atoms with Gasteiger partial charge in [0.05, 0.1) is 5.56 Å². The van der Waals surface area contributed by atoms with Crippen molar-refractivity contribution in [3.05, 3.63) is 74.8 Å². The number of carbonyl (C=O) groups is 1. The first-order valence-corrected chi connectivity index (χ1v) is 13.3. The van der Waals surface area contributed by atoms with E-state index in [2.05, 4.69) is 69.1 Å². The average Bonchev–Trinajstić information content (AvgIpc) is 3.19. The molecule has 34 heavy (non-hydrogen) atoms. The molecule has 0 radical (unpaired) electrons. The first-order chi connectivity index (χ1) is 16.0. The Hall–Kier alpha value is -2.44. The zero-order valence-corrected chi connectivity index (χ0v) is 22.3. The standard InChI is InChI=1S/C28H32N2O2S2/c1-17(33-26-30-29-18(2)34-26)22-16-24-23(27(3,4)13-14-28(24,5)6)15-21(22)12-9-19-7-10-20(11-8-19)25(31)32/h7-12,15-17H,13-14H2,1-6H3,(H,31,32)/b12-9+. The molecular formula is C28H32N2O2S2. The Morgan fingerprint density at radius 1 is 1.03 bits per heavy atom. The second kappa shape index (κ2) is 9.31. The number of rotatable bonds is 6. The minimum Gasteiger partial charge on any atom is -0.478 e. The number of carboxylic acids is 1. The van der Waals surface area contributed by atoms with E-state index in [4.69, 9.17) is 0 Å². The van der Waals surface area contributed by atoms with Crippen LogP contribution in [0.4, 0.5) is 0 Å². The number of nitrogens with zero attached hydrogens (tertiary/aromatic N) is 2. The van der Waals surface area contributed by atoms with Crippen LogP contribution in [0, 0.1) is 6.92 Å². The van der Waals surface area contributed by atoms with E-state index in [1.165, 1.54) is 35.1 Å². The predicted molar refractivity (Wildman–Crippen MR) is 143 cm³/mol. The number of aryl methyl sites for hydroxylation is 1. The highest BCUT2D eigenvalue weighted by atomic mass is 32.2. The van der Waals surface area contributed by atoms with Gasteiger partial charge in [0.1, 0.15) is 5.01 Å². The van der Waals surface area contributed by atoms with E-state index in [1.54, 1.807) is 35.2 Å². The van der Waals surface area contributed by atoms with Crippen molar-refractivity contribution < 1.29 is 9.90 Å². The van der Waals surface area contributed by atoms with Gasteiger partial charge in [-0.25, -0.2) is 4.79 Å². The quantitative estimate of drug-likeness (QED) is 0.280. The summed E-state index contributed by atoms with van der Waals surface area (Å²) in [5, 5.41) is 18.9. The second-order valence-corrected chi connectivity index (χ2v) is 13.2. The molecule has 0 fully saturated rings. The molecular weight excluding hydrogens is 460 g/mol. The molecule has 1 aromatic heterocycles. The van der Waals surface area contributed by atoms with Gasteiger partial charge in [-0.2, -0.15) is 0 Å². The van der Waals surface area contributed by atoms with E-state index in [1.807, 2.05) is 19.1 Å². The van der Waals surface area contributed by atoms with Crippen molar-refractivity contribution in [2.45, 2.75) is 74.8 Å². The van der Waals surface area contributed by atoms with E-state index >= 15 is 0 Å². The Kier molecular flexibility index (Phi) is 6.76. The van der Waals surface area contributed by atoms with Crippen molar-refractivity contribution in [3.8, 4) is 0 Å². The third-order valence-corrected chi connectivity index (χ3v) is 8.96. The maximum Gasteiger partial charge on any atom is 0.335 e. The van der Waals surface area contributed by atoms with Gasteiger partial charge in [0.2, 0.25) is 0 Å². The van der Waals surface area contributed by atoms with Crippen LogP contribution in [0.2, 0.25) is 0 Å². The van der Waals surface area contributed by atoms with Crippen LogP contribution in [0.1, 0.15) is 95.9 Å². The van der Waals surface area contributed by atoms with Crippen molar-refractivity contribution in [1.82, 2.24) is 10.2 Å². The lowest BCUT2D eigenvalue weighted by atomic mass is 9.62. The Bertz CT molecular complexity index is 1240. The summed E-state index contributed by atoms with van der Waals surface area (Å²) in [4.78, 5) is 11.2. The normalized spacial score (nSPS) is 17.5. The summed E-state index contributed by atoms with van der Waals surface area (Å²) in [7, 11) is 0. The molecule has 4 nitrogen and oxygen atoms in total. The Labute approximate surface area is 210 Å². The van der Waals surface area contributed by atoms with Crippen molar-refractivity contribution >= 4 is 41.2 Å². The number of hydrogen-bond acceptors (Lipinski definition) is 5. The fourth-order valence-electron chi connectivity index (χ4n) is 4.61. The van der Waals surface area contributed by atoms with Crippen molar-refractivity contribution in [3.63, 3.8) is 0 Å². The number of aromatic carboxylic acids is 1. The number of aromatic nitrogens is 2. The molecule has 3 aromatic rings. The van der Waals surface area contributed by atoms with Crippen LogP contribution in [0.15, 0.2) is 40.7 Å². The van der Waals surface area contributed by atoms with Gasteiger partial charge in [-0.3, -0.25) is 0 Å². The minimum absolute atomic E-state index is 0.127. The third-order valence-electron chi connectivity index (χ3n) is 6.89. The van der Waals surface area contributed by atoms with Crippen LogP contribution in [-0.4, -0.2) is 21.3 Å². The average molecular weight is 493 g/mol. The molecule has 2 aromatic carbocycles. The predicted octanol–water partition coefficient (Wildman–Crippen LogP) is 7.92. The molecule has 1 aliphatic rings. The summed E-state index contributed by atoms with van der Waals surface area (Å²) in [6, 6.07) is 11.8. The van der Waals surface area contributed by atoms with Crippen molar-refractivity contribution in [2.24, 2.45) is 0 Å². The molecule has 4 rings (SSSR count). The largest absolute Gasteiger partial charge is 0.478 e. The lowest BCUT2D eigenvalue weighted by Crippen LogP contribution is -2.34. The zero-order valence-electron chi connectivity index (χ0n) is 20.7. The van der Waals surface area contributed by atoms with Gasteiger partial charge < -0.3 is 5.11 Å². The summed E-state index contributed by atoms with van der Waals surface area (Å²) in [6.45, 7) is 13.6. The molecule has 1 atom stereocenters. The molecule has 0 bridgehead atoms. The van der Waals surface area contributed by atoms with E-state index in [-0.39, 0.29) is 16.1 Å². The minimum atomic E-state index is -0.907. The smallest absolute Gasteiger partial charge is 0.335 e. The van der Waals surface area contributed by atoms with Crippen LogP contribution in [-0.2, 0) is 10.8 Å². The summed E-state index contributed by atoms with van der Waals surface area (Å²) < 4.78 is 0.987. The number of benzene rings is 2. The lowest BCUT2D eigenvalue weighted by Gasteiger charge is -2.42. The van der Waals surface area contributed by atoms with E-state index in [0.29, 0.717) is 5.56 Å². The lowest BCUT2D eigenvalue weighted by molar-refractivity contribution is 0.0697. The SMILES string of the molecule is Cc1nnc(SC(C)c2cc3c(cc2/C=C/c2ccc(C(=O)O)cc2)C(C)(C)CCC3(C)C)s1. The zero-order chi connectivity index (χ0) is 24.7. The summed E-state index contributed by atoms with van der Waals surface area (Å²) in [5.41, 5.74) is 6.91. The van der Waals surface area contributed by atoms with Gasteiger partial charge in [0.15, 0.2) is 4.34 Å². The van der Waals surface area contributed by atoms with Crippen molar-refractivity contribution in [2.75, 3.05) is 0 Å². The molecule has 0 aliphatic heterocycles. The fraction of sp³-hybridized carbons (Fsp3) is 0.393. The Morgan fingerprint density at radius 2 is 1.65 bits per heavy atom. The third kappa shape index (κ3) is 5.13.